The third kappa shape index (κ3) is 6.04. The molecule has 27 heavy (non-hydrogen) atoms. The van der Waals surface area contributed by atoms with Crippen molar-refractivity contribution in [2.45, 2.75) is 12.8 Å². The second-order valence-corrected chi connectivity index (χ2v) is 5.71. The van der Waals surface area contributed by atoms with Crippen LogP contribution in [0, 0.1) is 11.3 Å². The van der Waals surface area contributed by atoms with Crippen LogP contribution in [-0.2, 0) is 16.0 Å². The number of hydrogen-bond acceptors (Lipinski definition) is 5. The summed E-state index contributed by atoms with van der Waals surface area (Å²) >= 11 is 0. The van der Waals surface area contributed by atoms with Gasteiger partial charge in [-0.05, 0) is 42.3 Å². The molecule has 0 saturated heterocycles. The quantitative estimate of drug-likeness (QED) is 0.745. The average Bonchev–Trinajstić information content (AvgIpc) is 2.70. The van der Waals surface area contributed by atoms with Gasteiger partial charge < -0.3 is 20.1 Å². The van der Waals surface area contributed by atoms with Crippen molar-refractivity contribution >= 4 is 17.5 Å². The van der Waals surface area contributed by atoms with Crippen molar-refractivity contribution in [3.63, 3.8) is 0 Å². The molecular weight excluding hydrogens is 346 g/mol. The Labute approximate surface area is 157 Å². The van der Waals surface area contributed by atoms with Gasteiger partial charge in [-0.15, -0.1) is 0 Å². The number of nitrogens with zero attached hydrogens (tertiary/aromatic N) is 1. The lowest BCUT2D eigenvalue weighted by Gasteiger charge is -2.10. The van der Waals surface area contributed by atoms with Crippen LogP contribution in [0.2, 0.25) is 0 Å². The van der Waals surface area contributed by atoms with Gasteiger partial charge in [-0.3, -0.25) is 9.59 Å². The maximum Gasteiger partial charge on any atom is 0.243 e. The molecule has 2 aromatic rings. The Bertz CT molecular complexity index is 859. The zero-order valence-corrected chi connectivity index (χ0v) is 15.2. The monoisotopic (exact) mass is 367 g/mol. The van der Waals surface area contributed by atoms with E-state index >= 15 is 0 Å². The fourth-order valence-corrected chi connectivity index (χ4v) is 2.43. The van der Waals surface area contributed by atoms with Crippen LogP contribution in [0.25, 0.3) is 0 Å². The highest BCUT2D eigenvalue weighted by Crippen LogP contribution is 2.27. The van der Waals surface area contributed by atoms with Crippen LogP contribution in [0.4, 0.5) is 5.69 Å². The number of methoxy groups -OCH3 is 2. The molecule has 7 nitrogen and oxygen atoms in total. The molecule has 2 N–H and O–H groups in total. The molecule has 140 valence electrons. The second kappa shape index (κ2) is 9.82. The van der Waals surface area contributed by atoms with Crippen LogP contribution in [0.3, 0.4) is 0 Å². The first-order valence-corrected chi connectivity index (χ1v) is 8.33. The van der Waals surface area contributed by atoms with E-state index in [1.807, 2.05) is 18.2 Å². The highest BCUT2D eigenvalue weighted by Gasteiger charge is 2.09. The molecule has 0 unspecified atom stereocenters. The van der Waals surface area contributed by atoms with Crippen molar-refractivity contribution in [3.05, 3.63) is 53.6 Å². The van der Waals surface area contributed by atoms with E-state index in [4.69, 9.17) is 14.7 Å². The first-order valence-electron chi connectivity index (χ1n) is 8.33. The molecule has 2 aromatic carbocycles. The summed E-state index contributed by atoms with van der Waals surface area (Å²) in [7, 11) is 3.12. The molecule has 7 heteroatoms. The van der Waals surface area contributed by atoms with Gasteiger partial charge in [0.2, 0.25) is 11.8 Å². The number of nitriles is 1. The Hall–Kier alpha value is -3.53. The van der Waals surface area contributed by atoms with Gasteiger partial charge in [0, 0.05) is 12.1 Å². The van der Waals surface area contributed by atoms with Gasteiger partial charge in [-0.2, -0.15) is 5.26 Å². The van der Waals surface area contributed by atoms with Crippen LogP contribution in [0.15, 0.2) is 42.5 Å². The maximum atomic E-state index is 12.0. The van der Waals surface area contributed by atoms with Gasteiger partial charge in [-0.25, -0.2) is 0 Å². The zero-order chi connectivity index (χ0) is 19.6. The highest BCUT2D eigenvalue weighted by molar-refractivity contribution is 5.94. The summed E-state index contributed by atoms with van der Waals surface area (Å²) in [4.78, 5) is 23.9. The van der Waals surface area contributed by atoms with Crippen LogP contribution >= 0.6 is 0 Å². The molecule has 0 aliphatic carbocycles. The van der Waals surface area contributed by atoms with E-state index in [1.54, 1.807) is 44.6 Å². The highest BCUT2D eigenvalue weighted by atomic mass is 16.5. The van der Waals surface area contributed by atoms with Crippen molar-refractivity contribution in [3.8, 4) is 17.6 Å². The minimum atomic E-state index is -0.357. The number of hydrogen-bond donors (Lipinski definition) is 2. The lowest BCUT2D eigenvalue weighted by atomic mass is 10.1. The molecular formula is C20H21N3O4. The Morgan fingerprint density at radius 1 is 1.04 bits per heavy atom. The Kier molecular flexibility index (Phi) is 7.20. The molecule has 0 radical (unpaired) electrons. The number of carbonyl (C=O) groups is 2. The maximum absolute atomic E-state index is 12.0. The van der Waals surface area contributed by atoms with Crippen LogP contribution in [-0.4, -0.2) is 32.6 Å². The third-order valence-corrected chi connectivity index (χ3v) is 3.81. The van der Waals surface area contributed by atoms with Crippen molar-refractivity contribution in [2.24, 2.45) is 0 Å². The summed E-state index contributed by atoms with van der Waals surface area (Å²) in [5.41, 5.74) is 1.89. The number of nitrogens with one attached hydrogen (secondary N) is 2. The summed E-state index contributed by atoms with van der Waals surface area (Å²) in [5, 5.41) is 14.1. The van der Waals surface area contributed by atoms with E-state index in [1.165, 1.54) is 0 Å². The number of ether oxygens (including phenoxy) is 2. The summed E-state index contributed by atoms with van der Waals surface area (Å²) in [5.74, 6) is 0.646. The number of anilines is 1. The van der Waals surface area contributed by atoms with Crippen molar-refractivity contribution < 1.29 is 19.1 Å². The molecule has 0 heterocycles. The average molecular weight is 367 g/mol. The van der Waals surface area contributed by atoms with Gasteiger partial charge >= 0.3 is 0 Å². The second-order valence-electron chi connectivity index (χ2n) is 5.71. The van der Waals surface area contributed by atoms with Crippen molar-refractivity contribution in [2.75, 3.05) is 26.1 Å². The van der Waals surface area contributed by atoms with Gasteiger partial charge in [0.15, 0.2) is 11.5 Å². The Morgan fingerprint density at radius 3 is 2.52 bits per heavy atom. The number of rotatable bonds is 8. The largest absolute Gasteiger partial charge is 0.493 e. The van der Waals surface area contributed by atoms with Crippen molar-refractivity contribution in [1.29, 1.82) is 5.26 Å². The molecule has 0 fully saturated rings. The number of benzene rings is 2. The molecule has 2 amide bonds. The molecule has 0 atom stereocenters. The molecule has 0 saturated carbocycles. The van der Waals surface area contributed by atoms with E-state index in [0.717, 1.165) is 5.56 Å². The van der Waals surface area contributed by atoms with Crippen LogP contribution < -0.4 is 20.1 Å². The molecule has 0 aliphatic heterocycles. The standard InChI is InChI=1S/C20H21N3O4/c1-26-17-8-6-14(11-18(17)27-2)7-9-19(24)22-13-20(25)23-16-5-3-4-15(10-16)12-21/h3-6,8,10-11H,7,9,13H2,1-2H3,(H,22,24)(H,23,25). The van der Waals surface area contributed by atoms with Crippen LogP contribution in [0.5, 0.6) is 11.5 Å². The first kappa shape index (κ1) is 19.8. The predicted octanol–water partition coefficient (Wildman–Crippen LogP) is 2.26. The van der Waals surface area contributed by atoms with E-state index < -0.39 is 0 Å². The van der Waals surface area contributed by atoms with Gasteiger partial charge in [0.05, 0.1) is 32.4 Å². The van der Waals surface area contributed by atoms with E-state index in [2.05, 4.69) is 10.6 Å². The van der Waals surface area contributed by atoms with Gasteiger partial charge in [0.25, 0.3) is 0 Å². The van der Waals surface area contributed by atoms with E-state index in [0.29, 0.717) is 29.2 Å². The summed E-state index contributed by atoms with van der Waals surface area (Å²) in [6.45, 7) is -0.137. The normalized spacial score (nSPS) is 9.81. The van der Waals surface area contributed by atoms with E-state index in [-0.39, 0.29) is 24.8 Å². The lowest BCUT2D eigenvalue weighted by Crippen LogP contribution is -2.32. The van der Waals surface area contributed by atoms with Gasteiger partial charge in [0.1, 0.15) is 0 Å². The summed E-state index contributed by atoms with van der Waals surface area (Å²) < 4.78 is 10.4. The van der Waals surface area contributed by atoms with Crippen LogP contribution in [0.1, 0.15) is 17.5 Å². The lowest BCUT2D eigenvalue weighted by molar-refractivity contribution is -0.124. The molecule has 0 aromatic heterocycles. The zero-order valence-electron chi connectivity index (χ0n) is 15.2. The SMILES string of the molecule is COc1ccc(CCC(=O)NCC(=O)Nc2cccc(C#N)c2)cc1OC. The van der Waals surface area contributed by atoms with Crippen molar-refractivity contribution in [1.82, 2.24) is 5.32 Å². The smallest absolute Gasteiger partial charge is 0.243 e. The topological polar surface area (TPSA) is 100 Å². The molecule has 0 bridgehead atoms. The summed E-state index contributed by atoms with van der Waals surface area (Å²) in [6, 6.07) is 14.0. The molecule has 0 spiro atoms. The molecule has 2 rings (SSSR count). The predicted molar refractivity (Wildman–Crippen MR) is 101 cm³/mol. The first-order chi connectivity index (χ1) is 13.0. The number of aryl methyl sites for hydroxylation is 1. The van der Waals surface area contributed by atoms with Gasteiger partial charge in [-0.1, -0.05) is 12.1 Å². The Balaban J connectivity index is 1.79. The number of amides is 2. The minimum Gasteiger partial charge on any atom is -0.493 e. The fourth-order valence-electron chi connectivity index (χ4n) is 2.43. The summed E-state index contributed by atoms with van der Waals surface area (Å²) in [6.07, 6.45) is 0.755. The number of carbonyl (C=O) groups excluding carboxylic acids is 2. The minimum absolute atomic E-state index is 0.137. The van der Waals surface area contributed by atoms with E-state index in [9.17, 15) is 9.59 Å². The molecule has 0 aliphatic rings. The third-order valence-electron chi connectivity index (χ3n) is 3.81. The fraction of sp³-hybridized carbons (Fsp3) is 0.250. The Morgan fingerprint density at radius 2 is 1.81 bits per heavy atom.